The van der Waals surface area contributed by atoms with E-state index in [1.807, 2.05) is 60.9 Å². The van der Waals surface area contributed by atoms with Gasteiger partial charge in [0.15, 0.2) is 0 Å². The van der Waals surface area contributed by atoms with Gasteiger partial charge in [0.05, 0.1) is 5.69 Å². The van der Waals surface area contributed by atoms with Gasteiger partial charge in [-0.1, -0.05) is 42.5 Å². The predicted octanol–water partition coefficient (Wildman–Crippen LogP) is 3.23. The lowest BCUT2D eigenvalue weighted by molar-refractivity contribution is -0.122. The van der Waals surface area contributed by atoms with Crippen LogP contribution in [0.3, 0.4) is 0 Å². The number of carbonyl (C=O) groups excluding carboxylic acids is 2. The monoisotopic (exact) mass is 343 g/mol. The molecule has 2 rings (SSSR count). The molecule has 3 N–H and O–H groups in total. The van der Waals surface area contributed by atoms with Gasteiger partial charge in [-0.2, -0.15) is 0 Å². The van der Waals surface area contributed by atoms with Crippen molar-refractivity contribution in [2.45, 2.75) is 24.4 Å². The van der Waals surface area contributed by atoms with Gasteiger partial charge in [0, 0.05) is 11.4 Å². The Morgan fingerprint density at radius 3 is 2.42 bits per heavy atom. The Bertz CT molecular complexity index is 692. The van der Waals surface area contributed by atoms with Crippen molar-refractivity contribution in [3.63, 3.8) is 0 Å². The fourth-order valence-electron chi connectivity index (χ4n) is 2.11. The first-order chi connectivity index (χ1) is 11.6. The third kappa shape index (κ3) is 5.31. The molecule has 0 saturated heterocycles. The molecule has 6 heteroatoms. The largest absolute Gasteiger partial charge is 0.350 e. The van der Waals surface area contributed by atoms with Crippen molar-refractivity contribution in [1.82, 2.24) is 10.6 Å². The van der Waals surface area contributed by atoms with E-state index in [1.54, 1.807) is 18.7 Å². The van der Waals surface area contributed by atoms with Crippen LogP contribution in [0.25, 0.3) is 0 Å². The molecule has 0 fully saturated rings. The van der Waals surface area contributed by atoms with Crippen molar-refractivity contribution in [2.75, 3.05) is 11.6 Å². The fraction of sp³-hybridized carbons (Fsp3) is 0.222. The molecule has 2 aromatic rings. The molecule has 5 nitrogen and oxygen atoms in total. The molecule has 1 atom stereocenters. The third-order valence-electron chi connectivity index (χ3n) is 3.41. The zero-order chi connectivity index (χ0) is 17.4. The third-order valence-corrected chi connectivity index (χ3v) is 4.20. The molecule has 0 radical (unpaired) electrons. The van der Waals surface area contributed by atoms with Crippen LogP contribution in [0.4, 0.5) is 10.5 Å². The van der Waals surface area contributed by atoms with Gasteiger partial charge < -0.3 is 16.0 Å². The maximum absolute atomic E-state index is 12.1. The van der Waals surface area contributed by atoms with Crippen LogP contribution in [0.1, 0.15) is 12.5 Å². The van der Waals surface area contributed by atoms with Crippen molar-refractivity contribution >= 4 is 29.4 Å². The molecular weight excluding hydrogens is 322 g/mol. The van der Waals surface area contributed by atoms with Crippen LogP contribution in [0.15, 0.2) is 59.5 Å². The van der Waals surface area contributed by atoms with Crippen molar-refractivity contribution in [2.24, 2.45) is 0 Å². The van der Waals surface area contributed by atoms with Crippen molar-refractivity contribution in [3.05, 3.63) is 60.2 Å². The van der Waals surface area contributed by atoms with E-state index >= 15 is 0 Å². The first-order valence-corrected chi connectivity index (χ1v) is 8.85. The van der Waals surface area contributed by atoms with Crippen LogP contribution in [-0.4, -0.2) is 24.2 Å². The lowest BCUT2D eigenvalue weighted by Gasteiger charge is -2.16. The van der Waals surface area contributed by atoms with E-state index in [2.05, 4.69) is 16.0 Å². The molecule has 0 aliphatic rings. The smallest absolute Gasteiger partial charge is 0.319 e. The van der Waals surface area contributed by atoms with Crippen molar-refractivity contribution < 1.29 is 9.59 Å². The molecule has 0 aliphatic heterocycles. The second-order valence-corrected chi connectivity index (χ2v) is 6.07. The standard InChI is InChI=1S/C18H21N3O2S/c1-13(17(22)19-12-14-8-4-3-5-9-14)20-18(23)21-15-10-6-7-11-16(15)24-2/h3-11,13H,12H2,1-2H3,(H,19,22)(H2,20,21,23). The second-order valence-electron chi connectivity index (χ2n) is 5.22. The average Bonchev–Trinajstić information content (AvgIpc) is 2.60. The lowest BCUT2D eigenvalue weighted by Crippen LogP contribution is -2.46. The summed E-state index contributed by atoms with van der Waals surface area (Å²) in [6.07, 6.45) is 1.94. The molecule has 0 saturated carbocycles. The van der Waals surface area contributed by atoms with Crippen LogP contribution in [0.2, 0.25) is 0 Å². The summed E-state index contributed by atoms with van der Waals surface area (Å²) in [5, 5.41) is 8.22. The highest BCUT2D eigenvalue weighted by Gasteiger charge is 2.15. The molecule has 1 unspecified atom stereocenters. The normalized spacial score (nSPS) is 11.4. The minimum atomic E-state index is -0.629. The first-order valence-electron chi connectivity index (χ1n) is 7.62. The molecule has 126 valence electrons. The van der Waals surface area contributed by atoms with Crippen molar-refractivity contribution in [1.29, 1.82) is 0 Å². The van der Waals surface area contributed by atoms with Gasteiger partial charge in [-0.05, 0) is 30.9 Å². The van der Waals surface area contributed by atoms with Gasteiger partial charge in [0.1, 0.15) is 6.04 Å². The molecular formula is C18H21N3O2S. The van der Waals surface area contributed by atoms with E-state index in [1.165, 1.54) is 0 Å². The molecule has 24 heavy (non-hydrogen) atoms. The van der Waals surface area contributed by atoms with Gasteiger partial charge in [-0.25, -0.2) is 4.79 Å². The van der Waals surface area contributed by atoms with Crippen LogP contribution in [-0.2, 0) is 11.3 Å². The van der Waals surface area contributed by atoms with E-state index < -0.39 is 12.1 Å². The summed E-state index contributed by atoms with van der Waals surface area (Å²) in [4.78, 5) is 25.1. The van der Waals surface area contributed by atoms with E-state index in [9.17, 15) is 9.59 Å². The average molecular weight is 343 g/mol. The topological polar surface area (TPSA) is 70.2 Å². The number of urea groups is 1. The van der Waals surface area contributed by atoms with Crippen LogP contribution in [0, 0.1) is 0 Å². The summed E-state index contributed by atoms with van der Waals surface area (Å²) in [6.45, 7) is 2.09. The Morgan fingerprint density at radius 1 is 1.04 bits per heavy atom. The van der Waals surface area contributed by atoms with Gasteiger partial charge in [-0.3, -0.25) is 4.79 Å². The number of nitrogens with one attached hydrogen (secondary N) is 3. The highest BCUT2D eigenvalue weighted by atomic mass is 32.2. The SMILES string of the molecule is CSc1ccccc1NC(=O)NC(C)C(=O)NCc1ccccc1. The molecule has 2 aromatic carbocycles. The minimum absolute atomic E-state index is 0.229. The summed E-state index contributed by atoms with van der Waals surface area (Å²) in [5.41, 5.74) is 1.73. The Labute approximate surface area is 146 Å². The van der Waals surface area contributed by atoms with Gasteiger partial charge in [-0.15, -0.1) is 11.8 Å². The number of hydrogen-bond donors (Lipinski definition) is 3. The lowest BCUT2D eigenvalue weighted by atomic mass is 10.2. The molecule has 0 aromatic heterocycles. The van der Waals surface area contributed by atoms with Crippen molar-refractivity contribution in [3.8, 4) is 0 Å². The van der Waals surface area contributed by atoms with Crippen LogP contribution < -0.4 is 16.0 Å². The van der Waals surface area contributed by atoms with Crippen LogP contribution in [0.5, 0.6) is 0 Å². The van der Waals surface area contributed by atoms with Gasteiger partial charge >= 0.3 is 6.03 Å². The molecule has 3 amide bonds. The number of hydrogen-bond acceptors (Lipinski definition) is 3. The summed E-state index contributed by atoms with van der Waals surface area (Å²) < 4.78 is 0. The molecule has 0 spiro atoms. The Morgan fingerprint density at radius 2 is 1.71 bits per heavy atom. The van der Waals surface area contributed by atoms with E-state index in [0.29, 0.717) is 6.54 Å². The Balaban J connectivity index is 1.83. The second kappa shape index (κ2) is 8.98. The zero-order valence-electron chi connectivity index (χ0n) is 13.7. The highest BCUT2D eigenvalue weighted by molar-refractivity contribution is 7.98. The summed E-state index contributed by atoms with van der Waals surface area (Å²) >= 11 is 1.55. The quantitative estimate of drug-likeness (QED) is 0.705. The van der Waals surface area contributed by atoms with Gasteiger partial charge in [0.2, 0.25) is 5.91 Å². The van der Waals surface area contributed by atoms with Crippen LogP contribution >= 0.6 is 11.8 Å². The Hall–Kier alpha value is -2.47. The summed E-state index contributed by atoms with van der Waals surface area (Å²) in [7, 11) is 0. The molecule has 0 heterocycles. The number of carbonyl (C=O) groups is 2. The van der Waals surface area contributed by atoms with E-state index in [4.69, 9.17) is 0 Å². The summed E-state index contributed by atoms with van der Waals surface area (Å²) in [6, 6.07) is 16.1. The number of amides is 3. The molecule has 0 aliphatic carbocycles. The maximum Gasteiger partial charge on any atom is 0.319 e. The predicted molar refractivity (Wildman–Crippen MR) is 98.1 cm³/mol. The molecule has 0 bridgehead atoms. The Kier molecular flexibility index (Phi) is 6.69. The first kappa shape index (κ1) is 17.9. The maximum atomic E-state index is 12.1. The number of rotatable bonds is 6. The zero-order valence-corrected chi connectivity index (χ0v) is 14.5. The number of benzene rings is 2. The van der Waals surface area contributed by atoms with E-state index in [0.717, 1.165) is 16.1 Å². The number of thioether (sulfide) groups is 1. The summed E-state index contributed by atoms with van der Waals surface area (Å²) in [5.74, 6) is -0.229. The fourth-order valence-corrected chi connectivity index (χ4v) is 2.66. The van der Waals surface area contributed by atoms with E-state index in [-0.39, 0.29) is 5.91 Å². The number of para-hydroxylation sites is 1. The number of anilines is 1. The van der Waals surface area contributed by atoms with Gasteiger partial charge in [0.25, 0.3) is 0 Å². The highest BCUT2D eigenvalue weighted by Crippen LogP contribution is 2.24. The minimum Gasteiger partial charge on any atom is -0.350 e.